The first-order valence-electron chi connectivity index (χ1n) is 35.9. The molecule has 8 atom stereocenters. The van der Waals surface area contributed by atoms with E-state index in [9.17, 15) is 0 Å². The molecule has 12 fully saturated rings. The van der Waals surface area contributed by atoms with E-state index in [-0.39, 0.29) is 0 Å². The molecule has 8 unspecified atom stereocenters. The molecule has 0 N–H and O–H groups in total. The van der Waals surface area contributed by atoms with Crippen LogP contribution in [-0.4, -0.2) is 46.1 Å². The number of hydrogen-bond donors (Lipinski definition) is 0. The van der Waals surface area contributed by atoms with E-state index in [0.717, 1.165) is 119 Å². The molecule has 0 aromatic rings. The maximum atomic E-state index is 3.57. The Hall–Kier alpha value is -1.12. The molecule has 76 heavy (non-hydrogen) atoms. The molecule has 12 saturated carbocycles. The van der Waals surface area contributed by atoms with Crippen molar-refractivity contribution in [3.8, 4) is 0 Å². The van der Waals surface area contributed by atoms with Crippen LogP contribution in [0.15, 0.2) is 48.6 Å². The molecule has 2 heteroatoms. The van der Waals surface area contributed by atoms with Crippen LogP contribution in [0.25, 0.3) is 0 Å². The van der Waals surface area contributed by atoms with Crippen LogP contribution in [-0.2, 0) is 0 Å². The van der Waals surface area contributed by atoms with Crippen LogP contribution < -0.4 is 0 Å². The summed E-state index contributed by atoms with van der Waals surface area (Å²) in [5, 5.41) is 0. The highest BCUT2D eigenvalue weighted by Crippen LogP contribution is 2.61. The van der Waals surface area contributed by atoms with E-state index in [1.54, 1.807) is 38.5 Å². The van der Waals surface area contributed by atoms with Gasteiger partial charge in [-0.05, 0) is 263 Å². The lowest BCUT2D eigenvalue weighted by molar-refractivity contribution is -0.161. The molecule has 0 radical (unpaired) electrons. The molecular weight excluding hydrogens is 917 g/mol. The summed E-state index contributed by atoms with van der Waals surface area (Å²) in [6.45, 7) is 0. The zero-order valence-electron chi connectivity index (χ0n) is 49.6. The van der Waals surface area contributed by atoms with Gasteiger partial charge in [-0.3, -0.25) is 9.80 Å². The average molecular weight is 1040 g/mol. The summed E-state index contributed by atoms with van der Waals surface area (Å²) in [7, 11) is 0. The maximum absolute atomic E-state index is 3.57. The second-order valence-electron chi connectivity index (χ2n) is 30.5. The first-order valence-corrected chi connectivity index (χ1v) is 35.9. The Morgan fingerprint density at radius 1 is 0.197 bits per heavy atom. The highest BCUT2D eigenvalue weighted by Gasteiger charge is 2.59. The fraction of sp³-hybridized carbons (Fsp3) is 0.892. The van der Waals surface area contributed by atoms with E-state index in [1.807, 2.05) is 0 Å². The monoisotopic (exact) mass is 1040 g/mol. The molecule has 0 aliphatic heterocycles. The first-order chi connectivity index (χ1) is 37.7. The van der Waals surface area contributed by atoms with E-state index in [0.29, 0.717) is 0 Å². The molecule has 0 heterocycles. The highest BCUT2D eigenvalue weighted by atomic mass is 15.3. The lowest BCUT2D eigenvalue weighted by Gasteiger charge is -2.65. The lowest BCUT2D eigenvalue weighted by Crippen LogP contribution is -2.68. The minimum atomic E-state index is 0.830. The van der Waals surface area contributed by atoms with Gasteiger partial charge < -0.3 is 0 Å². The van der Waals surface area contributed by atoms with Crippen LogP contribution in [0, 0.1) is 82.9 Å². The Labute approximate surface area is 470 Å². The number of allylic oxidation sites excluding steroid dienone is 8. The third-order valence-corrected chi connectivity index (χ3v) is 26.0. The van der Waals surface area contributed by atoms with E-state index in [4.69, 9.17) is 0 Å². The van der Waals surface area contributed by atoms with Gasteiger partial charge in [0.15, 0.2) is 0 Å². The topological polar surface area (TPSA) is 6.48 Å². The summed E-state index contributed by atoms with van der Waals surface area (Å²) in [5.41, 5.74) is 0. The van der Waals surface area contributed by atoms with E-state index in [2.05, 4.69) is 58.4 Å². The molecule has 12 aliphatic rings. The second-order valence-corrected chi connectivity index (χ2v) is 30.5. The van der Waals surface area contributed by atoms with Crippen LogP contribution in [0.4, 0.5) is 0 Å². The van der Waals surface area contributed by atoms with Crippen LogP contribution in [0.3, 0.4) is 0 Å². The molecule has 0 aromatic heterocycles. The Morgan fingerprint density at radius 3 is 0.658 bits per heavy atom. The molecule has 0 amide bonds. The summed E-state index contributed by atoms with van der Waals surface area (Å²) in [6.07, 6.45) is 90.8. The van der Waals surface area contributed by atoms with E-state index in [1.165, 1.54) is 257 Å². The van der Waals surface area contributed by atoms with Crippen molar-refractivity contribution in [2.24, 2.45) is 82.9 Å². The molecule has 0 saturated heterocycles. The minimum Gasteiger partial charge on any atom is -0.294 e. The Balaban J connectivity index is 0.843. The normalized spacial score (nSPS) is 42.5. The van der Waals surface area contributed by atoms with Gasteiger partial charge in [0.05, 0.1) is 0 Å². The van der Waals surface area contributed by atoms with Crippen molar-refractivity contribution >= 4 is 0 Å². The Morgan fingerprint density at radius 2 is 0.408 bits per heavy atom. The predicted molar refractivity (Wildman–Crippen MR) is 324 cm³/mol. The van der Waals surface area contributed by atoms with Crippen molar-refractivity contribution < 1.29 is 0 Å². The van der Waals surface area contributed by atoms with Gasteiger partial charge in [-0.15, -0.1) is 0 Å². The number of hydrogen-bond acceptors (Lipinski definition) is 2. The Kier molecular flexibility index (Phi) is 20.2. The van der Waals surface area contributed by atoms with Gasteiger partial charge in [0.1, 0.15) is 0 Å². The molecule has 12 aliphatic carbocycles. The van der Waals surface area contributed by atoms with Crippen molar-refractivity contribution in [2.75, 3.05) is 0 Å². The van der Waals surface area contributed by atoms with Crippen LogP contribution in [0.5, 0.6) is 0 Å². The van der Waals surface area contributed by atoms with Crippen molar-refractivity contribution in [3.63, 3.8) is 0 Å². The number of rotatable bonds is 14. The summed E-state index contributed by atoms with van der Waals surface area (Å²) in [5.74, 6) is 12.7. The van der Waals surface area contributed by atoms with Crippen LogP contribution in [0.2, 0.25) is 0 Å². The molecular formula is C74H120N2. The van der Waals surface area contributed by atoms with Crippen LogP contribution in [0.1, 0.15) is 295 Å². The van der Waals surface area contributed by atoms with Crippen molar-refractivity contribution in [1.82, 2.24) is 9.80 Å². The fourth-order valence-electron chi connectivity index (χ4n) is 21.9. The zero-order chi connectivity index (χ0) is 50.9. The van der Waals surface area contributed by atoms with Gasteiger partial charge in [0.2, 0.25) is 0 Å². The summed E-state index contributed by atoms with van der Waals surface area (Å²) >= 11 is 0. The minimum absolute atomic E-state index is 0.830. The Bertz CT molecular complexity index is 1570. The molecule has 0 spiro atoms. The molecule has 12 rings (SSSR count). The third kappa shape index (κ3) is 13.9. The summed E-state index contributed by atoms with van der Waals surface area (Å²) < 4.78 is 0. The average Bonchev–Trinajstić information content (AvgIpc) is 3.52. The van der Waals surface area contributed by atoms with Gasteiger partial charge >= 0.3 is 0 Å². The van der Waals surface area contributed by atoms with Crippen molar-refractivity contribution in [3.05, 3.63) is 48.6 Å². The van der Waals surface area contributed by atoms with E-state index >= 15 is 0 Å². The van der Waals surface area contributed by atoms with Crippen molar-refractivity contribution in [2.45, 2.75) is 332 Å². The SMILES string of the molecule is C(=CC1CCC(N(C2CCC(C=CC3CCCCC3)CC2)C2CC3CCCCC3C3C2C2CCCCC2CC3N(C2CCC(C=CC3CCCCC3)CC2)C2CCC(C=CC3CCCCC3)CC2)CC1)C1CCCCC1. The quantitative estimate of drug-likeness (QED) is 0.160. The summed E-state index contributed by atoms with van der Waals surface area (Å²) in [4.78, 5) is 7.13. The zero-order valence-corrected chi connectivity index (χ0v) is 49.6. The number of fused-ring (bicyclic) bond motifs is 5. The third-order valence-electron chi connectivity index (χ3n) is 26.0. The van der Waals surface area contributed by atoms with Gasteiger partial charge in [-0.1, -0.05) is 164 Å². The summed E-state index contributed by atoms with van der Waals surface area (Å²) in [6, 6.07) is 5.02. The van der Waals surface area contributed by atoms with Gasteiger partial charge in [-0.2, -0.15) is 0 Å². The fourth-order valence-corrected chi connectivity index (χ4v) is 21.9. The molecule has 426 valence electrons. The standard InChI is InChI=1S/C74H120N2/c1-5-17-55(18-6-1)29-33-59-37-45-65(46-38-59)75(66-47-39-60(40-48-66)34-30-56-19-7-2-8-20-56)71-53-63-25-13-16-28-70(63)74-72(54-64-26-14-15-27-69(64)73(71)74)76(67-49-41-61(42-50-67)35-31-57-21-9-3-10-22-57)68-51-43-62(44-52-68)36-32-58-23-11-4-12-24-58/h29-36,55-74H,1-28,37-54H2. The first kappa shape index (κ1) is 55.4. The highest BCUT2D eigenvalue weighted by molar-refractivity contribution is 5.13. The predicted octanol–water partition coefficient (Wildman–Crippen LogP) is 20.8. The number of nitrogens with zero attached hydrogens (tertiary/aromatic N) is 2. The van der Waals surface area contributed by atoms with E-state index < -0.39 is 0 Å². The largest absolute Gasteiger partial charge is 0.294 e. The smallest absolute Gasteiger partial charge is 0.0138 e. The lowest BCUT2D eigenvalue weighted by atomic mass is 9.48. The van der Waals surface area contributed by atoms with Gasteiger partial charge in [0.25, 0.3) is 0 Å². The molecule has 0 bridgehead atoms. The second kappa shape index (κ2) is 27.8. The molecule has 0 aromatic carbocycles. The van der Waals surface area contributed by atoms with Crippen molar-refractivity contribution in [1.29, 1.82) is 0 Å². The maximum Gasteiger partial charge on any atom is 0.0138 e. The van der Waals surface area contributed by atoms with Gasteiger partial charge in [0, 0.05) is 36.3 Å². The van der Waals surface area contributed by atoms with Gasteiger partial charge in [-0.25, -0.2) is 0 Å². The van der Waals surface area contributed by atoms with Crippen LogP contribution >= 0.6 is 0 Å². The molecule has 2 nitrogen and oxygen atoms in total.